The van der Waals surface area contributed by atoms with Crippen LogP contribution in [-0.4, -0.2) is 65.3 Å². The molecule has 0 aliphatic carbocycles. The van der Waals surface area contributed by atoms with Gasteiger partial charge < -0.3 is 25.7 Å². The van der Waals surface area contributed by atoms with E-state index in [4.69, 9.17) is 10.2 Å². The van der Waals surface area contributed by atoms with Crippen LogP contribution in [0.4, 0.5) is 4.79 Å². The van der Waals surface area contributed by atoms with Crippen LogP contribution >= 0.6 is 0 Å². The van der Waals surface area contributed by atoms with E-state index in [1.165, 1.54) is 4.90 Å². The van der Waals surface area contributed by atoms with E-state index in [1.54, 1.807) is 7.05 Å². The van der Waals surface area contributed by atoms with Crippen molar-refractivity contribution in [2.45, 2.75) is 25.0 Å². The Morgan fingerprint density at radius 1 is 1.56 bits per heavy atom. The number of aliphatic carboxylic acids is 1. The summed E-state index contributed by atoms with van der Waals surface area (Å²) in [6.07, 6.45) is -1.02. The second-order valence-corrected chi connectivity index (χ2v) is 4.14. The topological polar surface area (TPSA) is 119 Å². The van der Waals surface area contributed by atoms with Crippen molar-refractivity contribution < 1.29 is 24.6 Å². The summed E-state index contributed by atoms with van der Waals surface area (Å²) in [5.74, 6) is -1.47. The highest BCUT2D eigenvalue weighted by Crippen LogP contribution is 2.07. The van der Waals surface area contributed by atoms with Crippen LogP contribution < -0.4 is 10.6 Å². The first kappa shape index (κ1) is 14.2. The zero-order chi connectivity index (χ0) is 13.7. The lowest BCUT2D eigenvalue weighted by Gasteiger charge is -2.13. The van der Waals surface area contributed by atoms with Crippen molar-refractivity contribution in [3.63, 3.8) is 0 Å². The third-order valence-electron chi connectivity index (χ3n) is 2.72. The molecule has 102 valence electrons. The molecule has 0 aromatic carbocycles. The number of rotatable bonds is 5. The maximum absolute atomic E-state index is 11.5. The average Bonchev–Trinajstić information content (AvgIpc) is 2.60. The van der Waals surface area contributed by atoms with Crippen molar-refractivity contribution in [3.8, 4) is 0 Å². The third kappa shape index (κ3) is 3.88. The van der Waals surface area contributed by atoms with Crippen molar-refractivity contribution in [3.05, 3.63) is 0 Å². The van der Waals surface area contributed by atoms with Gasteiger partial charge in [-0.25, -0.2) is 9.59 Å². The van der Waals surface area contributed by atoms with Crippen LogP contribution in [0.5, 0.6) is 0 Å². The molecule has 8 nitrogen and oxygen atoms in total. The van der Waals surface area contributed by atoms with Crippen LogP contribution in [0.3, 0.4) is 0 Å². The third-order valence-corrected chi connectivity index (χ3v) is 2.72. The smallest absolute Gasteiger partial charge is 0.332 e. The molecule has 0 aromatic heterocycles. The molecule has 0 spiro atoms. The fraction of sp³-hybridized carbons (Fsp3) is 0.700. The van der Waals surface area contributed by atoms with Gasteiger partial charge in [0.05, 0.1) is 0 Å². The lowest BCUT2D eigenvalue weighted by atomic mass is 10.2. The molecule has 0 aromatic rings. The summed E-state index contributed by atoms with van der Waals surface area (Å²) >= 11 is 0. The number of carbonyl (C=O) groups excluding carboxylic acids is 2. The number of nitrogens with zero attached hydrogens (tertiary/aromatic N) is 1. The van der Waals surface area contributed by atoms with Crippen molar-refractivity contribution in [1.29, 1.82) is 0 Å². The van der Waals surface area contributed by atoms with Crippen LogP contribution in [0.1, 0.15) is 12.8 Å². The van der Waals surface area contributed by atoms with E-state index in [-0.39, 0.29) is 18.9 Å². The molecule has 4 N–H and O–H groups in total. The number of carbonyl (C=O) groups is 3. The van der Waals surface area contributed by atoms with Gasteiger partial charge in [-0.05, 0) is 6.42 Å². The Bertz CT molecular complexity index is 346. The molecule has 2 atom stereocenters. The van der Waals surface area contributed by atoms with Crippen LogP contribution in [0.2, 0.25) is 0 Å². The quantitative estimate of drug-likeness (QED) is 0.472. The molecule has 8 heteroatoms. The maximum Gasteiger partial charge on any atom is 0.332 e. The molecule has 0 radical (unpaired) electrons. The van der Waals surface area contributed by atoms with Crippen LogP contribution in [0.25, 0.3) is 0 Å². The minimum absolute atomic E-state index is 0.0239. The first-order valence-electron chi connectivity index (χ1n) is 5.62. The molecule has 1 aliphatic heterocycles. The molecule has 1 aliphatic rings. The average molecular weight is 259 g/mol. The van der Waals surface area contributed by atoms with Crippen molar-refractivity contribution in [2.75, 3.05) is 20.1 Å². The van der Waals surface area contributed by atoms with Gasteiger partial charge >= 0.3 is 12.0 Å². The van der Waals surface area contributed by atoms with Gasteiger partial charge in [0.2, 0.25) is 5.91 Å². The van der Waals surface area contributed by atoms with E-state index >= 15 is 0 Å². The number of amides is 3. The number of carboxylic acid groups (broad SMARTS) is 1. The second kappa shape index (κ2) is 6.20. The van der Waals surface area contributed by atoms with E-state index in [2.05, 4.69) is 10.6 Å². The lowest BCUT2D eigenvalue weighted by Crippen LogP contribution is -2.46. The minimum atomic E-state index is -1.50. The SMILES string of the molecule is CN1CCC(NC(=O)NCCC(O)C(=O)O)C1=O. The van der Waals surface area contributed by atoms with Gasteiger partial charge in [-0.1, -0.05) is 0 Å². The summed E-state index contributed by atoms with van der Waals surface area (Å²) in [4.78, 5) is 34.7. The predicted molar refractivity (Wildman–Crippen MR) is 60.8 cm³/mol. The number of hydrogen-bond acceptors (Lipinski definition) is 4. The van der Waals surface area contributed by atoms with E-state index in [0.717, 1.165) is 0 Å². The minimum Gasteiger partial charge on any atom is -0.479 e. The molecule has 1 saturated heterocycles. The van der Waals surface area contributed by atoms with E-state index in [9.17, 15) is 14.4 Å². The Morgan fingerprint density at radius 2 is 2.22 bits per heavy atom. The Labute approximate surface area is 104 Å². The fourth-order valence-electron chi connectivity index (χ4n) is 1.61. The highest BCUT2D eigenvalue weighted by Gasteiger charge is 2.30. The number of likely N-dealkylation sites (tertiary alicyclic amines) is 1. The first-order valence-corrected chi connectivity index (χ1v) is 5.62. The monoisotopic (exact) mass is 259 g/mol. The molecule has 3 amide bonds. The summed E-state index contributed by atoms with van der Waals surface area (Å²) in [6, 6.07) is -1.07. The van der Waals surface area contributed by atoms with E-state index < -0.39 is 24.1 Å². The molecule has 1 heterocycles. The number of aliphatic hydroxyl groups excluding tert-OH is 1. The van der Waals surface area contributed by atoms with Crippen LogP contribution in [0, 0.1) is 0 Å². The number of likely N-dealkylation sites (N-methyl/N-ethyl adjacent to an activating group) is 1. The Balaban J connectivity index is 2.22. The lowest BCUT2D eigenvalue weighted by molar-refractivity contribution is -0.146. The fourth-order valence-corrected chi connectivity index (χ4v) is 1.61. The van der Waals surface area contributed by atoms with Crippen molar-refractivity contribution in [2.24, 2.45) is 0 Å². The molecule has 0 bridgehead atoms. The first-order chi connectivity index (χ1) is 8.41. The van der Waals surface area contributed by atoms with E-state index in [1.807, 2.05) is 0 Å². The molecule has 1 fully saturated rings. The maximum atomic E-state index is 11.5. The summed E-state index contributed by atoms with van der Waals surface area (Å²) in [6.45, 7) is 0.623. The Hall–Kier alpha value is -1.83. The predicted octanol–water partition coefficient (Wildman–Crippen LogP) is -1.65. The number of aliphatic hydroxyl groups is 1. The van der Waals surface area contributed by atoms with Gasteiger partial charge in [-0.15, -0.1) is 0 Å². The highest BCUT2D eigenvalue weighted by molar-refractivity contribution is 5.88. The molecule has 0 saturated carbocycles. The van der Waals surface area contributed by atoms with Gasteiger partial charge in [-0.2, -0.15) is 0 Å². The van der Waals surface area contributed by atoms with Gasteiger partial charge in [0.25, 0.3) is 0 Å². The summed E-state index contributed by atoms with van der Waals surface area (Å²) in [7, 11) is 1.66. The second-order valence-electron chi connectivity index (χ2n) is 4.14. The molecule has 18 heavy (non-hydrogen) atoms. The molecule has 1 rings (SSSR count). The number of nitrogens with one attached hydrogen (secondary N) is 2. The number of hydrogen-bond donors (Lipinski definition) is 4. The standard InChI is InChI=1S/C10H17N3O5/c1-13-5-3-6(8(13)15)12-10(18)11-4-2-7(14)9(16)17/h6-7,14H,2-5H2,1H3,(H,16,17)(H2,11,12,18). The van der Waals surface area contributed by atoms with Gasteiger partial charge in [-0.3, -0.25) is 4.79 Å². The normalized spacial score (nSPS) is 20.7. The largest absolute Gasteiger partial charge is 0.479 e. The number of urea groups is 1. The van der Waals surface area contributed by atoms with Gasteiger partial charge in [0.15, 0.2) is 6.10 Å². The van der Waals surface area contributed by atoms with Gasteiger partial charge in [0.1, 0.15) is 6.04 Å². The van der Waals surface area contributed by atoms with Gasteiger partial charge in [0, 0.05) is 26.6 Å². The summed E-state index contributed by atoms with van der Waals surface area (Å²) in [5.41, 5.74) is 0. The van der Waals surface area contributed by atoms with Crippen LogP contribution in [0.15, 0.2) is 0 Å². The van der Waals surface area contributed by atoms with E-state index in [0.29, 0.717) is 13.0 Å². The number of carboxylic acids is 1. The summed E-state index contributed by atoms with van der Waals surface area (Å²) in [5, 5.41) is 22.3. The van der Waals surface area contributed by atoms with Crippen LogP contribution in [-0.2, 0) is 9.59 Å². The molecular formula is C10H17N3O5. The highest BCUT2D eigenvalue weighted by atomic mass is 16.4. The zero-order valence-electron chi connectivity index (χ0n) is 10.0. The van der Waals surface area contributed by atoms with Crippen molar-refractivity contribution in [1.82, 2.24) is 15.5 Å². The summed E-state index contributed by atoms with van der Waals surface area (Å²) < 4.78 is 0. The zero-order valence-corrected chi connectivity index (χ0v) is 10.0. The Kier molecular flexibility index (Phi) is 4.90. The Morgan fingerprint density at radius 3 is 2.72 bits per heavy atom. The molecular weight excluding hydrogens is 242 g/mol. The van der Waals surface area contributed by atoms with Crippen molar-refractivity contribution >= 4 is 17.9 Å². The molecule has 2 unspecified atom stereocenters.